The summed E-state index contributed by atoms with van der Waals surface area (Å²) in [6, 6.07) is -0.236. The number of nitrogens with one attached hydrogen (secondary N) is 1. The van der Waals surface area contributed by atoms with Crippen LogP contribution in [0.25, 0.3) is 0 Å². The summed E-state index contributed by atoms with van der Waals surface area (Å²) in [4.78, 5) is 31.7. The van der Waals surface area contributed by atoms with E-state index in [4.69, 9.17) is 5.73 Å². The van der Waals surface area contributed by atoms with Gasteiger partial charge in [-0.3, -0.25) is 14.4 Å². The van der Waals surface area contributed by atoms with Crippen molar-refractivity contribution in [3.8, 4) is 0 Å². The largest absolute Gasteiger partial charge is 0.363 e. The van der Waals surface area contributed by atoms with Gasteiger partial charge in [-0.15, -0.1) is 0 Å². The molecule has 1 aliphatic rings. The molecule has 1 fully saturated rings. The maximum absolute atomic E-state index is 11.0. The molecule has 0 bridgehead atoms. The van der Waals surface area contributed by atoms with E-state index in [1.807, 2.05) is 0 Å². The number of amides is 2. The van der Waals surface area contributed by atoms with Crippen LogP contribution in [0.5, 0.6) is 0 Å². The summed E-state index contributed by atoms with van der Waals surface area (Å²) in [5.41, 5.74) is 4.82. The first kappa shape index (κ1) is 10.7. The second kappa shape index (κ2) is 4.74. The number of Topliss-reactive ketones (excluding diaryl/α,β-unsaturated/α-hetero) is 1. The smallest absolute Gasteiger partial charge is 0.284 e. The number of hydrogen-bond acceptors (Lipinski definition) is 3. The molecule has 0 saturated heterocycles. The highest BCUT2D eigenvalue weighted by atomic mass is 16.2. The van der Waals surface area contributed by atoms with Crippen LogP contribution in [0.1, 0.15) is 25.7 Å². The summed E-state index contributed by atoms with van der Waals surface area (Å²) in [6.07, 6.45) is 3.62. The van der Waals surface area contributed by atoms with Crippen LogP contribution in [0.3, 0.4) is 0 Å². The molecule has 0 radical (unpaired) electrons. The Morgan fingerprint density at radius 1 is 1.50 bits per heavy atom. The Bertz CT molecular complexity index is 248. The van der Waals surface area contributed by atoms with Crippen molar-refractivity contribution in [2.75, 3.05) is 0 Å². The molecule has 1 rings (SSSR count). The third kappa shape index (κ3) is 3.55. The van der Waals surface area contributed by atoms with Crippen LogP contribution in [0.15, 0.2) is 0 Å². The molecule has 0 aliphatic heterocycles. The summed E-state index contributed by atoms with van der Waals surface area (Å²) >= 11 is 0. The van der Waals surface area contributed by atoms with Crippen molar-refractivity contribution in [3.05, 3.63) is 0 Å². The maximum Gasteiger partial charge on any atom is 0.284 e. The summed E-state index contributed by atoms with van der Waals surface area (Å²) in [6.45, 7) is 0. The van der Waals surface area contributed by atoms with E-state index < -0.39 is 11.7 Å². The minimum atomic E-state index is -0.932. The van der Waals surface area contributed by atoms with E-state index in [-0.39, 0.29) is 12.5 Å². The predicted octanol–water partition coefficient (Wildman–Crippen LogP) is -0.654. The van der Waals surface area contributed by atoms with Crippen molar-refractivity contribution in [2.45, 2.75) is 31.7 Å². The van der Waals surface area contributed by atoms with Gasteiger partial charge >= 0.3 is 0 Å². The number of ketones is 1. The molecule has 1 aliphatic carbocycles. The molecule has 3 N–H and O–H groups in total. The van der Waals surface area contributed by atoms with Crippen molar-refractivity contribution in [3.63, 3.8) is 0 Å². The summed E-state index contributed by atoms with van der Waals surface area (Å²) in [5, 5.41) is 2.53. The average Bonchev–Trinajstić information content (AvgIpc) is 2.88. The minimum Gasteiger partial charge on any atom is -0.363 e. The van der Waals surface area contributed by atoms with E-state index in [2.05, 4.69) is 5.32 Å². The van der Waals surface area contributed by atoms with Crippen molar-refractivity contribution < 1.29 is 14.4 Å². The fraction of sp³-hybridized carbons (Fsp3) is 0.667. The van der Waals surface area contributed by atoms with Crippen molar-refractivity contribution in [2.24, 2.45) is 11.7 Å². The molecular weight excluding hydrogens is 184 g/mol. The number of nitrogens with two attached hydrogens (primary N) is 1. The van der Waals surface area contributed by atoms with Crippen LogP contribution in [0.4, 0.5) is 0 Å². The Morgan fingerprint density at radius 3 is 2.57 bits per heavy atom. The predicted molar refractivity (Wildman–Crippen MR) is 49.1 cm³/mol. The average molecular weight is 198 g/mol. The van der Waals surface area contributed by atoms with Gasteiger partial charge in [0.25, 0.3) is 5.91 Å². The van der Waals surface area contributed by atoms with Crippen LogP contribution < -0.4 is 11.1 Å². The summed E-state index contributed by atoms with van der Waals surface area (Å²) in [7, 11) is 0. The lowest BCUT2D eigenvalue weighted by atomic mass is 10.0. The molecular formula is C9H14N2O3. The molecule has 5 heteroatoms. The van der Waals surface area contributed by atoms with Gasteiger partial charge in [0, 0.05) is 12.5 Å². The number of carbonyl (C=O) groups is 3. The van der Waals surface area contributed by atoms with E-state index in [1.54, 1.807) is 0 Å². The lowest BCUT2D eigenvalue weighted by Crippen LogP contribution is -2.35. The van der Waals surface area contributed by atoms with Crippen molar-refractivity contribution in [1.82, 2.24) is 5.32 Å². The highest BCUT2D eigenvalue weighted by Gasteiger charge is 2.27. The SMILES string of the molecule is NC(=O)C(=O)CC(CC1CC1)NC=O. The molecule has 0 spiro atoms. The molecule has 14 heavy (non-hydrogen) atoms. The Hall–Kier alpha value is -1.39. The lowest BCUT2D eigenvalue weighted by molar-refractivity contribution is -0.136. The van der Waals surface area contributed by atoms with Crippen LogP contribution in [0, 0.1) is 5.92 Å². The quantitative estimate of drug-likeness (QED) is 0.420. The zero-order valence-electron chi connectivity index (χ0n) is 7.86. The van der Waals surface area contributed by atoms with E-state index >= 15 is 0 Å². The number of carbonyl (C=O) groups excluding carboxylic acids is 3. The van der Waals surface area contributed by atoms with Gasteiger partial charge in [0.1, 0.15) is 0 Å². The number of hydrogen-bond donors (Lipinski definition) is 2. The first-order valence-corrected chi connectivity index (χ1v) is 4.65. The normalized spacial score (nSPS) is 17.1. The fourth-order valence-electron chi connectivity index (χ4n) is 1.39. The molecule has 1 unspecified atom stereocenters. The Balaban J connectivity index is 2.36. The fourth-order valence-corrected chi connectivity index (χ4v) is 1.39. The second-order valence-electron chi connectivity index (χ2n) is 3.65. The molecule has 1 saturated carbocycles. The van der Waals surface area contributed by atoms with Crippen LogP contribution in [-0.4, -0.2) is 24.1 Å². The van der Waals surface area contributed by atoms with Crippen LogP contribution >= 0.6 is 0 Å². The standard InChI is InChI=1S/C9H14N2O3/c10-9(14)8(13)4-7(11-5-12)3-6-1-2-6/h5-7H,1-4H2,(H2,10,14)(H,11,12). The number of rotatable bonds is 7. The topological polar surface area (TPSA) is 89.3 Å². The van der Waals surface area contributed by atoms with Crippen LogP contribution in [-0.2, 0) is 14.4 Å². The van der Waals surface area contributed by atoms with Gasteiger partial charge in [0.15, 0.2) is 0 Å². The summed E-state index contributed by atoms with van der Waals surface area (Å²) in [5.74, 6) is -0.961. The Kier molecular flexibility index (Phi) is 3.62. The monoisotopic (exact) mass is 198 g/mol. The first-order valence-electron chi connectivity index (χ1n) is 4.65. The zero-order chi connectivity index (χ0) is 10.6. The van der Waals surface area contributed by atoms with Gasteiger partial charge < -0.3 is 11.1 Å². The molecule has 0 aromatic rings. The van der Waals surface area contributed by atoms with E-state index in [0.717, 1.165) is 19.3 Å². The first-order chi connectivity index (χ1) is 6.63. The van der Waals surface area contributed by atoms with Gasteiger partial charge in [0.05, 0.1) is 0 Å². The van der Waals surface area contributed by atoms with E-state index in [0.29, 0.717) is 12.3 Å². The lowest BCUT2D eigenvalue weighted by Gasteiger charge is -2.13. The molecule has 2 amide bonds. The van der Waals surface area contributed by atoms with Gasteiger partial charge in [-0.25, -0.2) is 0 Å². The molecule has 0 aromatic carbocycles. The van der Waals surface area contributed by atoms with Gasteiger partial charge in [0.2, 0.25) is 12.2 Å². The van der Waals surface area contributed by atoms with Gasteiger partial charge in [-0.1, -0.05) is 12.8 Å². The zero-order valence-corrected chi connectivity index (χ0v) is 7.86. The van der Waals surface area contributed by atoms with Crippen molar-refractivity contribution >= 4 is 18.1 Å². The van der Waals surface area contributed by atoms with Gasteiger partial charge in [-0.2, -0.15) is 0 Å². The molecule has 0 heterocycles. The third-order valence-electron chi connectivity index (χ3n) is 2.33. The van der Waals surface area contributed by atoms with E-state index in [9.17, 15) is 14.4 Å². The minimum absolute atomic E-state index is 0.0184. The Morgan fingerprint density at radius 2 is 2.14 bits per heavy atom. The number of primary amides is 1. The maximum atomic E-state index is 11.0. The highest BCUT2D eigenvalue weighted by Crippen LogP contribution is 2.33. The highest BCUT2D eigenvalue weighted by molar-refractivity contribution is 6.35. The molecule has 1 atom stereocenters. The van der Waals surface area contributed by atoms with Crippen LogP contribution in [0.2, 0.25) is 0 Å². The van der Waals surface area contributed by atoms with Crippen molar-refractivity contribution in [1.29, 1.82) is 0 Å². The Labute approximate surface area is 82.0 Å². The molecule has 78 valence electrons. The second-order valence-corrected chi connectivity index (χ2v) is 3.65. The molecule has 5 nitrogen and oxygen atoms in total. The van der Waals surface area contributed by atoms with Gasteiger partial charge in [-0.05, 0) is 12.3 Å². The van der Waals surface area contributed by atoms with E-state index in [1.165, 1.54) is 0 Å². The molecule has 0 aromatic heterocycles. The summed E-state index contributed by atoms with van der Waals surface area (Å²) < 4.78 is 0. The third-order valence-corrected chi connectivity index (χ3v) is 2.33.